The highest BCUT2D eigenvalue weighted by Gasteiger charge is 2.11. The normalized spacial score (nSPS) is 10.4. The summed E-state index contributed by atoms with van der Waals surface area (Å²) < 4.78 is 13.1. The van der Waals surface area contributed by atoms with E-state index in [-0.39, 0.29) is 28.1 Å². The minimum Gasteiger partial charge on any atom is -0.399 e. The summed E-state index contributed by atoms with van der Waals surface area (Å²) in [6, 6.07) is 9.48. The number of nitrogens with two attached hydrogens (primary N) is 1. The lowest BCUT2D eigenvalue weighted by molar-refractivity contribution is -0.116. The highest BCUT2D eigenvalue weighted by Crippen LogP contribution is 2.31. The number of carbonyl (C=O) groups is 1. The largest absolute Gasteiger partial charge is 0.399 e. The molecule has 1 amide bonds. The number of amides is 1. The third kappa shape index (κ3) is 4.34. The van der Waals surface area contributed by atoms with Crippen molar-refractivity contribution < 1.29 is 9.18 Å². The topological polar surface area (TPSA) is 55.1 Å². The van der Waals surface area contributed by atoms with Gasteiger partial charge in [-0.25, -0.2) is 4.39 Å². The number of halogens is 3. The molecule has 0 saturated heterocycles. The Balaban J connectivity index is 1.97. The second-order valence-electron chi connectivity index (χ2n) is 4.53. The summed E-state index contributed by atoms with van der Waals surface area (Å²) in [5.41, 5.74) is 7.49. The highest BCUT2D eigenvalue weighted by atomic mass is 35.5. The first-order chi connectivity index (χ1) is 9.95. The Morgan fingerprint density at radius 3 is 2.29 bits per heavy atom. The minimum absolute atomic E-state index is 0.0702. The molecule has 2 aromatic carbocycles. The van der Waals surface area contributed by atoms with E-state index < -0.39 is 5.82 Å². The molecule has 0 radical (unpaired) electrons. The van der Waals surface area contributed by atoms with Crippen LogP contribution in [0.1, 0.15) is 12.0 Å². The summed E-state index contributed by atoms with van der Waals surface area (Å²) in [5, 5.41) is 2.73. The lowest BCUT2D eigenvalue weighted by atomic mass is 10.1. The van der Waals surface area contributed by atoms with Crippen LogP contribution in [0.5, 0.6) is 0 Å². The number of nitrogens with one attached hydrogen (secondary N) is 1. The van der Waals surface area contributed by atoms with Gasteiger partial charge >= 0.3 is 0 Å². The molecular weight excluding hydrogens is 314 g/mol. The van der Waals surface area contributed by atoms with Crippen LogP contribution in [0.4, 0.5) is 15.8 Å². The zero-order valence-corrected chi connectivity index (χ0v) is 12.5. The van der Waals surface area contributed by atoms with Gasteiger partial charge in [0.15, 0.2) is 0 Å². The number of carbonyl (C=O) groups excluding carboxylic acids is 1. The van der Waals surface area contributed by atoms with Gasteiger partial charge in [0.2, 0.25) is 5.91 Å². The van der Waals surface area contributed by atoms with Crippen LogP contribution in [0.25, 0.3) is 0 Å². The van der Waals surface area contributed by atoms with Crippen LogP contribution in [-0.2, 0) is 11.2 Å². The van der Waals surface area contributed by atoms with Crippen molar-refractivity contribution in [3.63, 3.8) is 0 Å². The first-order valence-electron chi connectivity index (χ1n) is 6.24. The summed E-state index contributed by atoms with van der Waals surface area (Å²) in [6.07, 6.45) is 0.816. The molecule has 0 aliphatic rings. The van der Waals surface area contributed by atoms with Crippen LogP contribution in [0.15, 0.2) is 36.4 Å². The van der Waals surface area contributed by atoms with E-state index in [1.54, 1.807) is 12.1 Å². The van der Waals surface area contributed by atoms with Gasteiger partial charge in [0.05, 0.1) is 15.7 Å². The van der Waals surface area contributed by atoms with Gasteiger partial charge in [0, 0.05) is 12.1 Å². The maximum absolute atomic E-state index is 13.1. The smallest absolute Gasteiger partial charge is 0.224 e. The van der Waals surface area contributed by atoms with Crippen LogP contribution in [0.2, 0.25) is 10.0 Å². The van der Waals surface area contributed by atoms with E-state index in [1.165, 1.54) is 0 Å². The van der Waals surface area contributed by atoms with Crippen LogP contribution in [0.3, 0.4) is 0 Å². The van der Waals surface area contributed by atoms with Crippen LogP contribution < -0.4 is 11.1 Å². The monoisotopic (exact) mass is 326 g/mol. The average molecular weight is 327 g/mol. The van der Waals surface area contributed by atoms with Crippen molar-refractivity contribution in [2.75, 3.05) is 11.1 Å². The maximum Gasteiger partial charge on any atom is 0.224 e. The molecule has 0 spiro atoms. The molecule has 3 nitrogen and oxygen atoms in total. The van der Waals surface area contributed by atoms with E-state index in [1.807, 2.05) is 12.1 Å². The number of nitrogen functional groups attached to an aromatic ring is 1. The fourth-order valence-electron chi connectivity index (χ4n) is 1.81. The Morgan fingerprint density at radius 1 is 1.14 bits per heavy atom. The van der Waals surface area contributed by atoms with E-state index in [9.17, 15) is 9.18 Å². The predicted octanol–water partition coefficient (Wildman–Crippen LogP) is 4.29. The van der Waals surface area contributed by atoms with Crippen molar-refractivity contribution in [1.29, 1.82) is 0 Å². The zero-order valence-electron chi connectivity index (χ0n) is 11.0. The average Bonchev–Trinajstić information content (AvgIpc) is 2.42. The third-order valence-electron chi connectivity index (χ3n) is 2.89. The van der Waals surface area contributed by atoms with Gasteiger partial charge in [0.25, 0.3) is 0 Å². The SMILES string of the molecule is Nc1ccc(CCC(=O)Nc2c(Cl)cc(F)cc2Cl)cc1. The van der Waals surface area contributed by atoms with Gasteiger partial charge in [-0.1, -0.05) is 35.3 Å². The standard InChI is InChI=1S/C15H13Cl2FN2O/c16-12-7-10(18)8-13(17)15(12)20-14(21)6-3-9-1-4-11(19)5-2-9/h1-2,4-5,7-8H,3,6,19H2,(H,20,21). The quantitative estimate of drug-likeness (QED) is 0.823. The predicted molar refractivity (Wildman–Crippen MR) is 84.2 cm³/mol. The summed E-state index contributed by atoms with van der Waals surface area (Å²) in [7, 11) is 0. The summed E-state index contributed by atoms with van der Waals surface area (Å²) in [5.74, 6) is -0.799. The molecule has 0 aliphatic heterocycles. The molecule has 0 aromatic heterocycles. The number of aryl methyl sites for hydroxylation is 1. The fraction of sp³-hybridized carbons (Fsp3) is 0.133. The molecule has 2 rings (SSSR count). The van der Waals surface area contributed by atoms with Gasteiger partial charge in [-0.3, -0.25) is 4.79 Å². The van der Waals surface area contributed by atoms with Crippen molar-refractivity contribution in [2.24, 2.45) is 0 Å². The number of anilines is 2. The van der Waals surface area contributed by atoms with Crippen LogP contribution in [-0.4, -0.2) is 5.91 Å². The zero-order chi connectivity index (χ0) is 15.4. The fourth-order valence-corrected chi connectivity index (χ4v) is 2.36. The summed E-state index contributed by atoms with van der Waals surface area (Å²) in [6.45, 7) is 0. The molecule has 0 aliphatic carbocycles. The Bertz CT molecular complexity index is 636. The second-order valence-corrected chi connectivity index (χ2v) is 5.35. The highest BCUT2D eigenvalue weighted by molar-refractivity contribution is 6.39. The van der Waals surface area contributed by atoms with E-state index in [0.29, 0.717) is 12.1 Å². The van der Waals surface area contributed by atoms with Gasteiger partial charge in [-0.05, 0) is 36.2 Å². The second kappa shape index (κ2) is 6.78. The molecule has 21 heavy (non-hydrogen) atoms. The number of hydrogen-bond acceptors (Lipinski definition) is 2. The van der Waals surface area contributed by atoms with Gasteiger partial charge in [-0.15, -0.1) is 0 Å². The van der Waals surface area contributed by atoms with E-state index >= 15 is 0 Å². The summed E-state index contributed by atoms with van der Waals surface area (Å²) in [4.78, 5) is 11.9. The van der Waals surface area contributed by atoms with Crippen molar-refractivity contribution >= 4 is 40.5 Å². The molecule has 2 aromatic rings. The van der Waals surface area contributed by atoms with Crippen molar-refractivity contribution in [2.45, 2.75) is 12.8 Å². The summed E-state index contributed by atoms with van der Waals surface area (Å²) >= 11 is 11.7. The molecule has 0 bridgehead atoms. The number of hydrogen-bond donors (Lipinski definition) is 2. The van der Waals surface area contributed by atoms with Gasteiger partial charge in [0.1, 0.15) is 5.82 Å². The number of benzene rings is 2. The van der Waals surface area contributed by atoms with E-state index in [0.717, 1.165) is 17.7 Å². The van der Waals surface area contributed by atoms with E-state index in [4.69, 9.17) is 28.9 Å². The molecule has 0 unspecified atom stereocenters. The molecule has 6 heteroatoms. The van der Waals surface area contributed by atoms with Gasteiger partial charge < -0.3 is 11.1 Å². The molecule has 0 heterocycles. The van der Waals surface area contributed by atoms with Crippen molar-refractivity contribution in [1.82, 2.24) is 0 Å². The third-order valence-corrected chi connectivity index (χ3v) is 3.49. The molecule has 3 N–H and O–H groups in total. The minimum atomic E-state index is -0.551. The lowest BCUT2D eigenvalue weighted by Crippen LogP contribution is -2.13. The van der Waals surface area contributed by atoms with Crippen molar-refractivity contribution in [3.8, 4) is 0 Å². The first-order valence-corrected chi connectivity index (χ1v) is 7.00. The molecule has 0 atom stereocenters. The van der Waals surface area contributed by atoms with E-state index in [2.05, 4.69) is 5.32 Å². The first kappa shape index (κ1) is 15.6. The maximum atomic E-state index is 13.1. The lowest BCUT2D eigenvalue weighted by Gasteiger charge is -2.09. The molecular formula is C15H13Cl2FN2O. The van der Waals surface area contributed by atoms with Gasteiger partial charge in [-0.2, -0.15) is 0 Å². The Kier molecular flexibility index (Phi) is 5.04. The van der Waals surface area contributed by atoms with Crippen molar-refractivity contribution in [3.05, 3.63) is 57.8 Å². The Labute approximate surface area is 131 Å². The molecule has 110 valence electrons. The Morgan fingerprint density at radius 2 is 1.71 bits per heavy atom. The van der Waals surface area contributed by atoms with Crippen LogP contribution in [0, 0.1) is 5.82 Å². The molecule has 0 saturated carbocycles. The van der Waals surface area contributed by atoms with Crippen LogP contribution >= 0.6 is 23.2 Å². The Hall–Kier alpha value is -1.78. The molecule has 0 fully saturated rings. The number of rotatable bonds is 4.